The Morgan fingerprint density at radius 2 is 1.39 bits per heavy atom. The van der Waals surface area contributed by atoms with E-state index in [0.717, 1.165) is 9.79 Å². The Bertz CT molecular complexity index is 1560. The normalized spacial score (nSPS) is 15.9. The Kier molecular flexibility index (Phi) is 10.5. The SMILES string of the molecule is O=C(NCC(=O)N1CCN(CC(=O)N2CCOCC2)CC1)c1ccc(S(=O)(=O)Nc2ccccc2Sc2ccccc2)cc1. The van der Waals surface area contributed by atoms with E-state index in [-0.39, 0.29) is 28.8 Å². The first kappa shape index (κ1) is 31.5. The summed E-state index contributed by atoms with van der Waals surface area (Å²) in [7, 11) is -3.92. The average Bonchev–Trinajstić information content (AvgIpc) is 3.05. The van der Waals surface area contributed by atoms with E-state index in [1.54, 1.807) is 21.9 Å². The van der Waals surface area contributed by atoms with Gasteiger partial charge in [0.1, 0.15) is 0 Å². The quantitative estimate of drug-likeness (QED) is 0.347. The molecule has 0 spiro atoms. The topological polar surface area (TPSA) is 128 Å². The van der Waals surface area contributed by atoms with Crippen LogP contribution >= 0.6 is 11.8 Å². The van der Waals surface area contributed by atoms with Gasteiger partial charge in [0.2, 0.25) is 11.8 Å². The fraction of sp³-hybridized carbons (Fsp3) is 0.323. The third-order valence-electron chi connectivity index (χ3n) is 7.38. The average molecular weight is 638 g/mol. The molecule has 2 aliphatic rings. The van der Waals surface area contributed by atoms with Crippen molar-refractivity contribution in [1.82, 2.24) is 20.0 Å². The fourth-order valence-corrected chi connectivity index (χ4v) is 6.94. The van der Waals surface area contributed by atoms with Crippen LogP contribution in [0.15, 0.2) is 93.5 Å². The van der Waals surface area contributed by atoms with E-state index < -0.39 is 15.9 Å². The van der Waals surface area contributed by atoms with E-state index in [4.69, 9.17) is 4.74 Å². The van der Waals surface area contributed by atoms with Crippen LogP contribution in [0.2, 0.25) is 0 Å². The number of para-hydroxylation sites is 1. The van der Waals surface area contributed by atoms with Gasteiger partial charge in [0.15, 0.2) is 0 Å². The van der Waals surface area contributed by atoms with Gasteiger partial charge >= 0.3 is 0 Å². The van der Waals surface area contributed by atoms with Crippen molar-refractivity contribution in [2.75, 3.05) is 70.3 Å². The molecule has 0 aliphatic carbocycles. The number of ether oxygens (including phenoxy) is 1. The summed E-state index contributed by atoms with van der Waals surface area (Å²) < 4.78 is 34.2. The summed E-state index contributed by atoms with van der Waals surface area (Å²) in [6, 6.07) is 22.4. The number of piperazine rings is 1. The number of benzene rings is 3. The Balaban J connectivity index is 1.09. The van der Waals surface area contributed by atoms with Crippen molar-refractivity contribution >= 4 is 45.2 Å². The van der Waals surface area contributed by atoms with Gasteiger partial charge in [-0.2, -0.15) is 0 Å². The lowest BCUT2D eigenvalue weighted by atomic mass is 10.2. The van der Waals surface area contributed by atoms with Gasteiger partial charge in [-0.15, -0.1) is 0 Å². The monoisotopic (exact) mass is 637 g/mol. The summed E-state index contributed by atoms with van der Waals surface area (Å²) in [6.45, 7) is 4.57. The molecule has 2 saturated heterocycles. The number of sulfonamides is 1. The maximum atomic E-state index is 13.1. The van der Waals surface area contributed by atoms with Gasteiger partial charge in [-0.05, 0) is 48.5 Å². The fourth-order valence-electron chi connectivity index (χ4n) is 4.87. The molecule has 0 unspecified atom stereocenters. The van der Waals surface area contributed by atoms with Gasteiger partial charge in [-0.3, -0.25) is 24.0 Å². The maximum absolute atomic E-state index is 13.1. The Morgan fingerprint density at radius 3 is 2.09 bits per heavy atom. The number of hydrogen-bond acceptors (Lipinski definition) is 8. The molecule has 2 N–H and O–H groups in total. The second-order valence-corrected chi connectivity index (χ2v) is 13.2. The number of anilines is 1. The van der Waals surface area contributed by atoms with Gasteiger partial charge in [-0.25, -0.2) is 8.42 Å². The Hall–Kier alpha value is -3.91. The predicted octanol–water partition coefficient (Wildman–Crippen LogP) is 2.37. The van der Waals surface area contributed by atoms with Crippen LogP contribution in [-0.4, -0.2) is 106 Å². The molecule has 3 amide bonds. The molecular formula is C31H35N5O6S2. The van der Waals surface area contributed by atoms with Crippen molar-refractivity contribution in [2.45, 2.75) is 14.7 Å². The number of nitrogens with zero attached hydrogens (tertiary/aromatic N) is 3. The largest absolute Gasteiger partial charge is 0.378 e. The highest BCUT2D eigenvalue weighted by Crippen LogP contribution is 2.34. The Morgan fingerprint density at radius 1 is 0.750 bits per heavy atom. The molecule has 0 radical (unpaired) electrons. The van der Waals surface area contributed by atoms with Crippen LogP contribution in [0, 0.1) is 0 Å². The lowest BCUT2D eigenvalue weighted by Gasteiger charge is -2.36. The molecule has 2 heterocycles. The maximum Gasteiger partial charge on any atom is 0.261 e. The van der Waals surface area contributed by atoms with Crippen LogP contribution in [0.5, 0.6) is 0 Å². The van der Waals surface area contributed by atoms with Crippen LogP contribution in [0.3, 0.4) is 0 Å². The summed E-state index contributed by atoms with van der Waals surface area (Å²) in [5, 5.41) is 2.63. The number of carbonyl (C=O) groups is 3. The van der Waals surface area contributed by atoms with E-state index >= 15 is 0 Å². The lowest BCUT2D eigenvalue weighted by Crippen LogP contribution is -2.54. The summed E-state index contributed by atoms with van der Waals surface area (Å²) >= 11 is 1.45. The zero-order chi connectivity index (χ0) is 30.9. The zero-order valence-electron chi connectivity index (χ0n) is 24.2. The highest BCUT2D eigenvalue weighted by atomic mass is 32.2. The zero-order valence-corrected chi connectivity index (χ0v) is 25.8. The van der Waals surface area contributed by atoms with Gasteiger partial charge in [-0.1, -0.05) is 42.1 Å². The van der Waals surface area contributed by atoms with Gasteiger partial charge in [0.25, 0.3) is 15.9 Å². The molecule has 0 bridgehead atoms. The molecule has 0 aromatic heterocycles. The first-order valence-corrected chi connectivity index (χ1v) is 16.7. The van der Waals surface area contributed by atoms with Crippen molar-refractivity contribution in [3.8, 4) is 0 Å². The summed E-state index contributed by atoms with van der Waals surface area (Å²) in [6.07, 6.45) is 0. The second kappa shape index (κ2) is 14.7. The van der Waals surface area contributed by atoms with Crippen molar-refractivity contribution in [2.24, 2.45) is 0 Å². The lowest BCUT2D eigenvalue weighted by molar-refractivity contribution is -0.137. The van der Waals surface area contributed by atoms with Gasteiger partial charge < -0.3 is 19.9 Å². The van der Waals surface area contributed by atoms with E-state index in [2.05, 4.69) is 10.0 Å². The van der Waals surface area contributed by atoms with Gasteiger partial charge in [0.05, 0.1) is 36.9 Å². The van der Waals surface area contributed by atoms with Gasteiger partial charge in [0, 0.05) is 54.6 Å². The van der Waals surface area contributed by atoms with Crippen LogP contribution < -0.4 is 10.0 Å². The van der Waals surface area contributed by atoms with Crippen LogP contribution in [0.1, 0.15) is 10.4 Å². The third kappa shape index (κ3) is 8.38. The minimum Gasteiger partial charge on any atom is -0.378 e. The number of nitrogens with one attached hydrogen (secondary N) is 2. The molecule has 232 valence electrons. The first-order chi connectivity index (χ1) is 21.3. The molecule has 44 heavy (non-hydrogen) atoms. The molecule has 2 aliphatic heterocycles. The van der Waals surface area contributed by atoms with Crippen molar-refractivity contribution in [3.63, 3.8) is 0 Å². The standard InChI is InChI=1S/C31H35N5O6S2/c37-29(35-16-14-34(15-17-35)23-30(38)36-18-20-42-21-19-36)22-32-31(39)24-10-12-26(13-11-24)44(40,41)33-27-8-4-5-9-28(27)43-25-6-2-1-3-7-25/h1-13,33H,14-23H2,(H,32,39). The molecule has 5 rings (SSSR count). The van der Waals surface area contributed by atoms with Crippen LogP contribution in [0.4, 0.5) is 5.69 Å². The van der Waals surface area contributed by atoms with Crippen molar-refractivity contribution in [1.29, 1.82) is 0 Å². The predicted molar refractivity (Wildman–Crippen MR) is 167 cm³/mol. The van der Waals surface area contributed by atoms with Crippen LogP contribution in [-0.2, 0) is 24.3 Å². The Labute approximate surface area is 261 Å². The number of amides is 3. The highest BCUT2D eigenvalue weighted by Gasteiger charge is 2.25. The van der Waals surface area contributed by atoms with Crippen molar-refractivity contribution in [3.05, 3.63) is 84.4 Å². The van der Waals surface area contributed by atoms with E-state index in [9.17, 15) is 22.8 Å². The highest BCUT2D eigenvalue weighted by molar-refractivity contribution is 7.99. The summed E-state index contributed by atoms with van der Waals surface area (Å²) in [4.78, 5) is 45.2. The first-order valence-electron chi connectivity index (χ1n) is 14.4. The molecule has 0 atom stereocenters. The van der Waals surface area contributed by atoms with E-state index in [1.807, 2.05) is 47.4 Å². The number of carbonyl (C=O) groups excluding carboxylic acids is 3. The number of hydrogen-bond donors (Lipinski definition) is 2. The van der Waals surface area contributed by atoms with Crippen LogP contribution in [0.25, 0.3) is 0 Å². The molecule has 0 saturated carbocycles. The number of rotatable bonds is 10. The van der Waals surface area contributed by atoms with E-state index in [1.165, 1.54) is 36.0 Å². The summed E-state index contributed by atoms with van der Waals surface area (Å²) in [5.41, 5.74) is 0.689. The molecule has 3 aromatic carbocycles. The van der Waals surface area contributed by atoms with Crippen molar-refractivity contribution < 1.29 is 27.5 Å². The third-order valence-corrected chi connectivity index (χ3v) is 9.84. The smallest absolute Gasteiger partial charge is 0.261 e. The summed E-state index contributed by atoms with van der Waals surface area (Å²) in [5.74, 6) is -0.621. The molecule has 2 fully saturated rings. The number of morpholine rings is 1. The molecular weight excluding hydrogens is 603 g/mol. The van der Waals surface area contributed by atoms with E-state index in [0.29, 0.717) is 64.7 Å². The minimum absolute atomic E-state index is 0.00890. The molecule has 13 heteroatoms. The molecule has 11 nitrogen and oxygen atoms in total. The second-order valence-electron chi connectivity index (χ2n) is 10.4. The minimum atomic E-state index is -3.92. The molecule has 3 aromatic rings.